The highest BCUT2D eigenvalue weighted by atomic mass is 15.3. The maximum Gasteiger partial charge on any atom is 0.147 e. The topological polar surface area (TPSA) is 32.3 Å². The van der Waals surface area contributed by atoms with E-state index < -0.39 is 0 Å². The molecule has 92 valence electrons. The summed E-state index contributed by atoms with van der Waals surface area (Å²) in [6.45, 7) is 5.84. The Morgan fingerprint density at radius 3 is 2.53 bits per heavy atom. The smallest absolute Gasteiger partial charge is 0.147 e. The lowest BCUT2D eigenvalue weighted by Gasteiger charge is -2.38. The molecule has 0 N–H and O–H groups in total. The summed E-state index contributed by atoms with van der Waals surface area (Å²) in [5, 5.41) is 0. The second-order valence-electron chi connectivity index (χ2n) is 5.15. The minimum absolute atomic E-state index is 0.984. The van der Waals surface area contributed by atoms with Crippen LogP contribution in [-0.4, -0.2) is 47.6 Å². The third kappa shape index (κ3) is 2.57. The number of rotatable bonds is 3. The summed E-state index contributed by atoms with van der Waals surface area (Å²) in [6.07, 6.45) is 9.72. The van der Waals surface area contributed by atoms with Gasteiger partial charge in [0.15, 0.2) is 0 Å². The monoisotopic (exact) mass is 232 g/mol. The third-order valence-electron chi connectivity index (χ3n) is 3.99. The lowest BCUT2D eigenvalue weighted by atomic mass is 9.85. The van der Waals surface area contributed by atoms with Gasteiger partial charge in [0.2, 0.25) is 0 Å². The standard InChI is InChI=1S/C13H20N4/c1-2-12(3-1)11-16-6-8-17(9-7-16)13-10-14-4-5-15-13/h4-5,10,12H,1-3,6-9,11H2. The molecule has 2 heterocycles. The first-order valence-corrected chi connectivity index (χ1v) is 6.65. The van der Waals surface area contributed by atoms with Crippen molar-refractivity contribution in [3.05, 3.63) is 18.6 Å². The molecule has 0 unspecified atom stereocenters. The Morgan fingerprint density at radius 2 is 1.94 bits per heavy atom. The molecule has 2 aliphatic rings. The molecule has 0 radical (unpaired) electrons. The molecule has 1 aliphatic carbocycles. The molecule has 0 atom stereocenters. The van der Waals surface area contributed by atoms with Crippen LogP contribution in [0.15, 0.2) is 18.6 Å². The second-order valence-corrected chi connectivity index (χ2v) is 5.15. The van der Waals surface area contributed by atoms with Crippen molar-refractivity contribution < 1.29 is 0 Å². The Labute approximate surface area is 103 Å². The normalized spacial score (nSPS) is 22.5. The van der Waals surface area contributed by atoms with Crippen LogP contribution in [0.2, 0.25) is 0 Å². The minimum atomic E-state index is 0.984. The van der Waals surface area contributed by atoms with Crippen LogP contribution in [0.5, 0.6) is 0 Å². The van der Waals surface area contributed by atoms with Crippen LogP contribution >= 0.6 is 0 Å². The quantitative estimate of drug-likeness (QED) is 0.788. The number of hydrogen-bond donors (Lipinski definition) is 0. The number of nitrogens with zero attached hydrogens (tertiary/aromatic N) is 4. The van der Waals surface area contributed by atoms with E-state index in [9.17, 15) is 0 Å². The van der Waals surface area contributed by atoms with Crippen molar-refractivity contribution in [1.29, 1.82) is 0 Å². The summed E-state index contributed by atoms with van der Waals surface area (Å²) in [6, 6.07) is 0. The predicted molar refractivity (Wildman–Crippen MR) is 68.0 cm³/mol. The van der Waals surface area contributed by atoms with Gasteiger partial charge in [-0.15, -0.1) is 0 Å². The number of anilines is 1. The fourth-order valence-electron chi connectivity index (χ4n) is 2.65. The van der Waals surface area contributed by atoms with E-state index in [2.05, 4.69) is 19.8 Å². The van der Waals surface area contributed by atoms with Gasteiger partial charge in [0.1, 0.15) is 5.82 Å². The van der Waals surface area contributed by atoms with E-state index in [0.29, 0.717) is 0 Å². The fourth-order valence-corrected chi connectivity index (χ4v) is 2.65. The molecular formula is C13H20N4. The average Bonchev–Trinajstić information content (AvgIpc) is 2.36. The molecule has 17 heavy (non-hydrogen) atoms. The number of hydrogen-bond acceptors (Lipinski definition) is 4. The first kappa shape index (κ1) is 11.0. The van der Waals surface area contributed by atoms with Crippen molar-refractivity contribution in [2.75, 3.05) is 37.6 Å². The molecule has 0 aromatic carbocycles. The predicted octanol–water partition coefficient (Wildman–Crippen LogP) is 1.40. The van der Waals surface area contributed by atoms with Gasteiger partial charge < -0.3 is 4.90 Å². The van der Waals surface area contributed by atoms with Gasteiger partial charge in [-0.1, -0.05) is 6.42 Å². The van der Waals surface area contributed by atoms with Crippen LogP contribution in [0, 0.1) is 5.92 Å². The van der Waals surface area contributed by atoms with Crippen LogP contribution in [0.3, 0.4) is 0 Å². The Balaban J connectivity index is 1.50. The van der Waals surface area contributed by atoms with E-state index >= 15 is 0 Å². The molecule has 4 heteroatoms. The van der Waals surface area contributed by atoms with Crippen LogP contribution in [0.25, 0.3) is 0 Å². The summed E-state index contributed by atoms with van der Waals surface area (Å²) >= 11 is 0. The zero-order valence-corrected chi connectivity index (χ0v) is 10.3. The average molecular weight is 232 g/mol. The van der Waals surface area contributed by atoms with E-state index in [1.165, 1.54) is 38.9 Å². The summed E-state index contributed by atoms with van der Waals surface area (Å²) in [5.41, 5.74) is 0. The highest BCUT2D eigenvalue weighted by molar-refractivity contribution is 5.35. The second kappa shape index (κ2) is 5.00. The van der Waals surface area contributed by atoms with Crippen molar-refractivity contribution in [1.82, 2.24) is 14.9 Å². The van der Waals surface area contributed by atoms with Crippen LogP contribution in [0.1, 0.15) is 19.3 Å². The summed E-state index contributed by atoms with van der Waals surface area (Å²) in [4.78, 5) is 13.4. The molecular weight excluding hydrogens is 212 g/mol. The molecule has 1 aromatic heterocycles. The van der Waals surface area contributed by atoms with Crippen LogP contribution in [-0.2, 0) is 0 Å². The first-order valence-electron chi connectivity index (χ1n) is 6.65. The van der Waals surface area contributed by atoms with Gasteiger partial charge in [-0.05, 0) is 18.8 Å². The Morgan fingerprint density at radius 1 is 1.12 bits per heavy atom. The van der Waals surface area contributed by atoms with E-state index in [0.717, 1.165) is 24.8 Å². The zero-order valence-electron chi connectivity index (χ0n) is 10.3. The third-order valence-corrected chi connectivity index (χ3v) is 3.99. The number of piperazine rings is 1. The molecule has 1 aliphatic heterocycles. The van der Waals surface area contributed by atoms with Crippen molar-refractivity contribution in [3.63, 3.8) is 0 Å². The molecule has 1 saturated carbocycles. The minimum Gasteiger partial charge on any atom is -0.353 e. The largest absolute Gasteiger partial charge is 0.353 e. The van der Waals surface area contributed by atoms with E-state index in [-0.39, 0.29) is 0 Å². The van der Waals surface area contributed by atoms with E-state index in [4.69, 9.17) is 0 Å². The fraction of sp³-hybridized carbons (Fsp3) is 0.692. The molecule has 1 saturated heterocycles. The molecule has 0 bridgehead atoms. The summed E-state index contributed by atoms with van der Waals surface area (Å²) in [5.74, 6) is 2.01. The Hall–Kier alpha value is -1.16. The van der Waals surface area contributed by atoms with Crippen molar-refractivity contribution in [3.8, 4) is 0 Å². The molecule has 0 spiro atoms. The van der Waals surface area contributed by atoms with Gasteiger partial charge in [-0.2, -0.15) is 0 Å². The summed E-state index contributed by atoms with van der Waals surface area (Å²) in [7, 11) is 0. The van der Waals surface area contributed by atoms with E-state index in [1.54, 1.807) is 12.4 Å². The molecule has 3 rings (SSSR count). The molecule has 1 aromatic rings. The van der Waals surface area contributed by atoms with Gasteiger partial charge in [0.05, 0.1) is 6.20 Å². The van der Waals surface area contributed by atoms with Crippen molar-refractivity contribution in [2.45, 2.75) is 19.3 Å². The molecule has 2 fully saturated rings. The maximum absolute atomic E-state index is 4.36. The van der Waals surface area contributed by atoms with Gasteiger partial charge in [0, 0.05) is 45.1 Å². The van der Waals surface area contributed by atoms with Gasteiger partial charge >= 0.3 is 0 Å². The van der Waals surface area contributed by atoms with Gasteiger partial charge in [0.25, 0.3) is 0 Å². The highest BCUT2D eigenvalue weighted by Gasteiger charge is 2.23. The Bertz CT molecular complexity index is 342. The zero-order chi connectivity index (χ0) is 11.5. The Kier molecular flexibility index (Phi) is 3.22. The SMILES string of the molecule is c1cnc(N2CCN(CC3CCC3)CC2)cn1. The van der Waals surface area contributed by atoms with Crippen LogP contribution in [0.4, 0.5) is 5.82 Å². The van der Waals surface area contributed by atoms with Gasteiger partial charge in [-0.3, -0.25) is 9.88 Å². The highest BCUT2D eigenvalue weighted by Crippen LogP contribution is 2.27. The molecule has 4 nitrogen and oxygen atoms in total. The van der Waals surface area contributed by atoms with E-state index in [1.807, 2.05) is 6.20 Å². The molecule has 0 amide bonds. The van der Waals surface area contributed by atoms with Crippen molar-refractivity contribution in [2.24, 2.45) is 5.92 Å². The van der Waals surface area contributed by atoms with Gasteiger partial charge in [-0.25, -0.2) is 4.98 Å². The van der Waals surface area contributed by atoms with Crippen LogP contribution < -0.4 is 4.90 Å². The maximum atomic E-state index is 4.36. The lowest BCUT2D eigenvalue weighted by Crippen LogP contribution is -2.48. The lowest BCUT2D eigenvalue weighted by molar-refractivity contribution is 0.170. The first-order chi connectivity index (χ1) is 8.42. The summed E-state index contributed by atoms with van der Waals surface area (Å²) < 4.78 is 0. The number of aromatic nitrogens is 2. The van der Waals surface area contributed by atoms with Crippen molar-refractivity contribution >= 4 is 5.82 Å².